The van der Waals surface area contributed by atoms with Crippen LogP contribution in [0.2, 0.25) is 0 Å². The van der Waals surface area contributed by atoms with Crippen molar-refractivity contribution in [2.45, 2.75) is 0 Å². The van der Waals surface area contributed by atoms with E-state index >= 15 is 0 Å². The quantitative estimate of drug-likeness (QED) is 0.373. The summed E-state index contributed by atoms with van der Waals surface area (Å²) in [7, 11) is 0. The summed E-state index contributed by atoms with van der Waals surface area (Å²) in [5.41, 5.74) is 13.0. The first-order valence-corrected chi connectivity index (χ1v) is 3.46. The van der Waals surface area contributed by atoms with Gasteiger partial charge in [0.2, 0.25) is 0 Å². The van der Waals surface area contributed by atoms with E-state index in [0.29, 0.717) is 11.4 Å². The van der Waals surface area contributed by atoms with E-state index in [9.17, 15) is 0 Å². The van der Waals surface area contributed by atoms with E-state index in [1.165, 1.54) is 4.79 Å². The number of hydrogen-bond acceptors (Lipinski definition) is 4. The minimum absolute atomic E-state index is 0.523. The number of fused-ring (bicyclic) bond motifs is 1. The van der Waals surface area contributed by atoms with Crippen LogP contribution in [0, 0.1) is 0 Å². The van der Waals surface area contributed by atoms with E-state index in [1.54, 1.807) is 18.3 Å². The van der Waals surface area contributed by atoms with Gasteiger partial charge in [-0.25, -0.2) is 0 Å². The molecule has 2 aromatic rings. The summed E-state index contributed by atoms with van der Waals surface area (Å²) in [6, 6.07) is 3.46. The van der Waals surface area contributed by atoms with Gasteiger partial charge in [0.1, 0.15) is 0 Å². The average Bonchev–Trinajstić information content (AvgIpc) is 2.35. The molecule has 0 saturated carbocycles. The SMILES string of the molecule is Nc1cc2cnn(N)c2cc1N. The molecule has 0 saturated heterocycles. The minimum atomic E-state index is 0.523. The van der Waals surface area contributed by atoms with Crippen LogP contribution in [-0.4, -0.2) is 9.89 Å². The molecule has 0 aliphatic heterocycles. The number of anilines is 2. The molecule has 5 nitrogen and oxygen atoms in total. The van der Waals surface area contributed by atoms with Crippen molar-refractivity contribution in [3.8, 4) is 0 Å². The van der Waals surface area contributed by atoms with E-state index in [4.69, 9.17) is 17.3 Å². The Morgan fingerprint density at radius 2 is 1.83 bits per heavy atom. The van der Waals surface area contributed by atoms with Crippen LogP contribution in [0.25, 0.3) is 10.9 Å². The van der Waals surface area contributed by atoms with Gasteiger partial charge in [0.05, 0.1) is 23.1 Å². The Labute approximate surface area is 68.7 Å². The highest BCUT2D eigenvalue weighted by Gasteiger charge is 2.02. The fourth-order valence-electron chi connectivity index (χ4n) is 1.13. The Bertz CT molecular complexity index is 431. The van der Waals surface area contributed by atoms with Gasteiger partial charge in [0.15, 0.2) is 0 Å². The molecule has 1 heterocycles. The number of nitrogens with zero attached hydrogens (tertiary/aromatic N) is 2. The van der Waals surface area contributed by atoms with Crippen molar-refractivity contribution in [3.63, 3.8) is 0 Å². The van der Waals surface area contributed by atoms with Crippen molar-refractivity contribution in [3.05, 3.63) is 18.3 Å². The maximum absolute atomic E-state index is 5.59. The van der Waals surface area contributed by atoms with Crippen molar-refractivity contribution in [2.75, 3.05) is 17.3 Å². The van der Waals surface area contributed by atoms with Gasteiger partial charge in [-0.3, -0.25) is 0 Å². The second-order valence-corrected chi connectivity index (χ2v) is 2.63. The Morgan fingerprint density at radius 1 is 1.17 bits per heavy atom. The lowest BCUT2D eigenvalue weighted by atomic mass is 10.2. The molecule has 1 aromatic carbocycles. The van der Waals surface area contributed by atoms with Gasteiger partial charge in [-0.2, -0.15) is 9.89 Å². The molecule has 2 rings (SSSR count). The van der Waals surface area contributed by atoms with Crippen molar-refractivity contribution < 1.29 is 0 Å². The molecular weight excluding hydrogens is 154 g/mol. The predicted octanol–water partition coefficient (Wildman–Crippen LogP) is -0.0855. The molecule has 62 valence electrons. The molecule has 0 spiro atoms. The zero-order chi connectivity index (χ0) is 8.72. The van der Waals surface area contributed by atoms with E-state index < -0.39 is 0 Å². The number of rotatable bonds is 0. The zero-order valence-corrected chi connectivity index (χ0v) is 6.36. The summed E-state index contributed by atoms with van der Waals surface area (Å²) in [5.74, 6) is 5.50. The lowest BCUT2D eigenvalue weighted by Crippen LogP contribution is -2.09. The van der Waals surface area contributed by atoms with Crippen molar-refractivity contribution >= 4 is 22.3 Å². The van der Waals surface area contributed by atoms with Gasteiger partial charge >= 0.3 is 0 Å². The fraction of sp³-hybridized carbons (Fsp3) is 0. The highest BCUT2D eigenvalue weighted by molar-refractivity contribution is 5.88. The first-order chi connectivity index (χ1) is 5.68. The molecule has 0 amide bonds. The van der Waals surface area contributed by atoms with Crippen molar-refractivity contribution in [2.24, 2.45) is 0 Å². The Kier molecular flexibility index (Phi) is 1.15. The standard InChI is InChI=1S/C7H9N5/c8-5-1-4-3-11-12(10)7(4)2-6(5)9/h1-3H,8-10H2. The topological polar surface area (TPSA) is 95.9 Å². The van der Waals surface area contributed by atoms with Gasteiger partial charge < -0.3 is 17.3 Å². The molecule has 12 heavy (non-hydrogen) atoms. The summed E-state index contributed by atoms with van der Waals surface area (Å²) in [4.78, 5) is 1.27. The second kappa shape index (κ2) is 2.04. The maximum Gasteiger partial charge on any atom is 0.0938 e. The molecule has 1 aromatic heterocycles. The van der Waals surface area contributed by atoms with Crippen LogP contribution in [0.5, 0.6) is 0 Å². The third-order valence-electron chi connectivity index (χ3n) is 1.80. The molecule has 0 unspecified atom stereocenters. The number of nitrogens with two attached hydrogens (primary N) is 3. The van der Waals surface area contributed by atoms with Crippen molar-refractivity contribution in [1.82, 2.24) is 9.89 Å². The largest absolute Gasteiger partial charge is 0.397 e. The molecule has 0 aliphatic carbocycles. The van der Waals surface area contributed by atoms with Crippen LogP contribution >= 0.6 is 0 Å². The summed E-state index contributed by atoms with van der Waals surface area (Å²) in [6.07, 6.45) is 1.64. The normalized spacial score (nSPS) is 10.7. The summed E-state index contributed by atoms with van der Waals surface area (Å²) in [6.45, 7) is 0. The van der Waals surface area contributed by atoms with Gasteiger partial charge in [-0.15, -0.1) is 0 Å². The van der Waals surface area contributed by atoms with E-state index in [2.05, 4.69) is 5.10 Å². The third kappa shape index (κ3) is 0.763. The third-order valence-corrected chi connectivity index (χ3v) is 1.80. The Hall–Kier alpha value is -1.91. The van der Waals surface area contributed by atoms with Crippen LogP contribution in [0.3, 0.4) is 0 Å². The lowest BCUT2D eigenvalue weighted by Gasteiger charge is -1.99. The van der Waals surface area contributed by atoms with Crippen LogP contribution in [-0.2, 0) is 0 Å². The van der Waals surface area contributed by atoms with Gasteiger partial charge in [-0.05, 0) is 12.1 Å². The van der Waals surface area contributed by atoms with Crippen LogP contribution in [0.1, 0.15) is 0 Å². The number of nitrogen functional groups attached to an aromatic ring is 3. The highest BCUT2D eigenvalue weighted by atomic mass is 15.5. The van der Waals surface area contributed by atoms with Gasteiger partial charge in [0, 0.05) is 5.39 Å². The number of hydrogen-bond donors (Lipinski definition) is 3. The monoisotopic (exact) mass is 163 g/mol. The Morgan fingerprint density at radius 3 is 2.58 bits per heavy atom. The van der Waals surface area contributed by atoms with E-state index in [1.807, 2.05) is 0 Å². The summed E-state index contributed by atoms with van der Waals surface area (Å²) < 4.78 is 0. The molecular formula is C7H9N5. The minimum Gasteiger partial charge on any atom is -0.397 e. The molecule has 0 atom stereocenters. The fourth-order valence-corrected chi connectivity index (χ4v) is 1.13. The van der Waals surface area contributed by atoms with Crippen molar-refractivity contribution in [1.29, 1.82) is 0 Å². The van der Waals surface area contributed by atoms with E-state index in [-0.39, 0.29) is 0 Å². The highest BCUT2D eigenvalue weighted by Crippen LogP contribution is 2.22. The lowest BCUT2D eigenvalue weighted by molar-refractivity contribution is 0.863. The summed E-state index contributed by atoms with van der Waals surface area (Å²) >= 11 is 0. The summed E-state index contributed by atoms with van der Waals surface area (Å²) in [5, 5.41) is 4.75. The molecule has 0 bridgehead atoms. The first-order valence-electron chi connectivity index (χ1n) is 3.46. The smallest absolute Gasteiger partial charge is 0.0938 e. The average molecular weight is 163 g/mol. The van der Waals surface area contributed by atoms with Crippen LogP contribution in [0.4, 0.5) is 11.4 Å². The molecule has 5 heteroatoms. The molecule has 0 fully saturated rings. The predicted molar refractivity (Wildman–Crippen MR) is 48.7 cm³/mol. The van der Waals surface area contributed by atoms with Gasteiger partial charge in [-0.1, -0.05) is 0 Å². The molecule has 0 aliphatic rings. The van der Waals surface area contributed by atoms with E-state index in [0.717, 1.165) is 10.9 Å². The Balaban J connectivity index is 2.87. The van der Waals surface area contributed by atoms with Crippen LogP contribution < -0.4 is 17.3 Å². The maximum atomic E-state index is 5.59. The number of aromatic nitrogens is 2. The van der Waals surface area contributed by atoms with Gasteiger partial charge in [0.25, 0.3) is 0 Å². The second-order valence-electron chi connectivity index (χ2n) is 2.63. The van der Waals surface area contributed by atoms with Crippen LogP contribution in [0.15, 0.2) is 18.3 Å². The molecule has 0 radical (unpaired) electrons. The zero-order valence-electron chi connectivity index (χ0n) is 6.36. The first kappa shape index (κ1) is 6.78. The number of benzene rings is 1. The molecule has 6 N–H and O–H groups in total.